The number of hydrogen-bond donors (Lipinski definition) is 3. The van der Waals surface area contributed by atoms with Gasteiger partial charge in [-0.2, -0.15) is 0 Å². The number of pyridine rings is 2. The first kappa shape index (κ1) is 24.4. The summed E-state index contributed by atoms with van der Waals surface area (Å²) in [5.41, 5.74) is 4.16. The van der Waals surface area contributed by atoms with Crippen LogP contribution in [0.25, 0.3) is 22.3 Å². The van der Waals surface area contributed by atoms with Crippen molar-refractivity contribution in [2.75, 3.05) is 6.79 Å². The third-order valence-corrected chi connectivity index (χ3v) is 8.86. The van der Waals surface area contributed by atoms with Gasteiger partial charge in [-0.05, 0) is 36.8 Å². The first-order valence-corrected chi connectivity index (χ1v) is 13.1. The number of carbonyl (C=O) groups excluding carboxylic acids is 2. The third kappa shape index (κ3) is 3.17. The number of amides is 1. The lowest BCUT2D eigenvalue weighted by Crippen LogP contribution is -2.48. The predicted octanol–water partition coefficient (Wildman–Crippen LogP) is 1.63. The zero-order chi connectivity index (χ0) is 27.4. The van der Waals surface area contributed by atoms with Crippen molar-refractivity contribution in [3.63, 3.8) is 0 Å². The van der Waals surface area contributed by atoms with Crippen molar-refractivity contribution >= 4 is 34.4 Å². The van der Waals surface area contributed by atoms with Crippen LogP contribution in [0.15, 0.2) is 16.9 Å². The van der Waals surface area contributed by atoms with Crippen LogP contribution in [0.3, 0.4) is 0 Å². The molecule has 3 aromatic rings. The molecule has 1 fully saturated rings. The van der Waals surface area contributed by atoms with E-state index in [-0.39, 0.29) is 54.9 Å². The molecule has 1 aliphatic carbocycles. The number of aliphatic hydroxyl groups is 2. The molecule has 3 aliphatic heterocycles. The molecule has 0 spiro atoms. The van der Waals surface area contributed by atoms with Crippen molar-refractivity contribution < 1.29 is 34.0 Å². The van der Waals surface area contributed by atoms with Gasteiger partial charge in [-0.15, -0.1) is 0 Å². The fraction of sp³-hybridized carbons (Fsp3) is 0.407. The van der Waals surface area contributed by atoms with E-state index in [1.807, 2.05) is 0 Å². The molecule has 7 rings (SSSR count). The average Bonchev–Trinajstić information content (AvgIpc) is 3.56. The minimum atomic E-state index is -1.97. The molecule has 5 heterocycles. The molecule has 4 N–H and O–H groups in total. The lowest BCUT2D eigenvalue weighted by atomic mass is 9.84. The van der Waals surface area contributed by atoms with E-state index in [1.165, 1.54) is 4.57 Å². The maximum Gasteiger partial charge on any atom is 0.343 e. The number of ether oxygens (including phenoxy) is 3. The molecular weight excluding hydrogens is 530 g/mol. The zero-order valence-corrected chi connectivity index (χ0v) is 21.6. The van der Waals surface area contributed by atoms with Crippen molar-refractivity contribution in [1.29, 1.82) is 0 Å². The number of carbonyl (C=O) groups is 2. The van der Waals surface area contributed by atoms with Gasteiger partial charge in [0.1, 0.15) is 12.2 Å². The molecule has 1 aromatic carbocycles. The van der Waals surface area contributed by atoms with Gasteiger partial charge in [-0.3, -0.25) is 9.59 Å². The lowest BCUT2D eigenvalue weighted by molar-refractivity contribution is -0.172. The van der Waals surface area contributed by atoms with E-state index in [4.69, 9.17) is 36.5 Å². The van der Waals surface area contributed by atoms with E-state index < -0.39 is 28.6 Å². The molecule has 39 heavy (non-hydrogen) atoms. The number of esters is 1. The molecule has 0 radical (unpaired) electrons. The number of nitrogens with two attached hydrogens (primary N) is 1. The molecule has 1 saturated carbocycles. The summed E-state index contributed by atoms with van der Waals surface area (Å²) in [6.45, 7) is 1.42. The highest BCUT2D eigenvalue weighted by molar-refractivity contribution is 6.37. The van der Waals surface area contributed by atoms with E-state index in [1.54, 1.807) is 19.1 Å². The van der Waals surface area contributed by atoms with Crippen LogP contribution in [0.2, 0.25) is 5.02 Å². The molecular formula is C27H24ClN3O8. The molecule has 12 heteroatoms. The van der Waals surface area contributed by atoms with Crippen LogP contribution in [0.4, 0.5) is 0 Å². The quantitative estimate of drug-likeness (QED) is 0.312. The third-order valence-electron chi connectivity index (χ3n) is 8.50. The first-order valence-electron chi connectivity index (χ1n) is 12.7. The zero-order valence-electron chi connectivity index (χ0n) is 20.9. The Morgan fingerprint density at radius 1 is 1.26 bits per heavy atom. The topological polar surface area (TPSA) is 163 Å². The Morgan fingerprint density at radius 3 is 2.72 bits per heavy atom. The van der Waals surface area contributed by atoms with Crippen LogP contribution in [-0.2, 0) is 39.5 Å². The fourth-order valence-corrected chi connectivity index (χ4v) is 6.46. The summed E-state index contributed by atoms with van der Waals surface area (Å²) in [6.07, 6.45) is 1.18. The number of rotatable bonds is 5. The Labute approximate surface area is 226 Å². The molecule has 2 aromatic heterocycles. The second kappa shape index (κ2) is 7.93. The molecule has 0 saturated heterocycles. The van der Waals surface area contributed by atoms with Crippen LogP contribution in [0.5, 0.6) is 11.5 Å². The Balaban J connectivity index is 1.52. The number of halogens is 1. The summed E-state index contributed by atoms with van der Waals surface area (Å²) in [7, 11) is 0. The Kier molecular flexibility index (Phi) is 4.96. The van der Waals surface area contributed by atoms with Gasteiger partial charge in [0.2, 0.25) is 12.7 Å². The van der Waals surface area contributed by atoms with E-state index in [2.05, 4.69) is 0 Å². The lowest BCUT2D eigenvalue weighted by Gasteiger charge is -2.31. The maximum atomic E-state index is 13.7. The summed E-state index contributed by atoms with van der Waals surface area (Å²) in [4.78, 5) is 43.6. The minimum absolute atomic E-state index is 0.0110. The van der Waals surface area contributed by atoms with Gasteiger partial charge in [-0.25, -0.2) is 9.78 Å². The van der Waals surface area contributed by atoms with Crippen LogP contribution < -0.4 is 20.8 Å². The molecule has 4 aliphatic rings. The summed E-state index contributed by atoms with van der Waals surface area (Å²) in [5.74, 6) is -1.24. The van der Waals surface area contributed by atoms with Crippen molar-refractivity contribution in [3.8, 4) is 22.9 Å². The van der Waals surface area contributed by atoms with Gasteiger partial charge in [-0.1, -0.05) is 18.5 Å². The summed E-state index contributed by atoms with van der Waals surface area (Å²) >= 11 is 6.82. The van der Waals surface area contributed by atoms with Gasteiger partial charge < -0.3 is 34.7 Å². The summed E-state index contributed by atoms with van der Waals surface area (Å²) in [5, 5.41) is 23.3. The number of fused-ring (bicyclic) bond motifs is 6. The molecule has 1 amide bonds. The van der Waals surface area contributed by atoms with Gasteiger partial charge in [0.25, 0.3) is 5.56 Å². The van der Waals surface area contributed by atoms with E-state index in [0.717, 1.165) is 0 Å². The molecule has 202 valence electrons. The fourth-order valence-electron chi connectivity index (χ4n) is 6.10. The Bertz CT molecular complexity index is 1710. The number of nitrogens with zero attached hydrogens (tertiary/aromatic N) is 2. The number of hydrogen-bond acceptors (Lipinski definition) is 9. The Hall–Kier alpha value is -3.67. The van der Waals surface area contributed by atoms with E-state index >= 15 is 0 Å². The molecule has 0 bridgehead atoms. The highest BCUT2D eigenvalue weighted by atomic mass is 35.5. The molecule has 1 unspecified atom stereocenters. The van der Waals surface area contributed by atoms with Crippen molar-refractivity contribution in [2.45, 2.75) is 57.0 Å². The SMILES string of the molecule is CC[C@@]1(O)C(=O)OCc2c1cc1n(c2=O)Cc2c-1nc1cc3c(c(Cl)c1c2CC(O)(C(N)=O)C1CC1)OCO3. The van der Waals surface area contributed by atoms with Crippen LogP contribution in [0, 0.1) is 5.92 Å². The Morgan fingerprint density at radius 2 is 2.03 bits per heavy atom. The highest BCUT2D eigenvalue weighted by Gasteiger charge is 2.50. The van der Waals surface area contributed by atoms with Crippen molar-refractivity contribution in [2.24, 2.45) is 11.7 Å². The number of primary amides is 1. The van der Waals surface area contributed by atoms with E-state index in [9.17, 15) is 24.6 Å². The molecule has 11 nitrogen and oxygen atoms in total. The smallest absolute Gasteiger partial charge is 0.343 e. The summed E-state index contributed by atoms with van der Waals surface area (Å²) in [6, 6.07) is 3.26. The van der Waals surface area contributed by atoms with Gasteiger partial charge in [0, 0.05) is 29.0 Å². The number of benzene rings is 1. The number of aromatic nitrogens is 2. The minimum Gasteiger partial charge on any atom is -0.458 e. The van der Waals surface area contributed by atoms with E-state index in [0.29, 0.717) is 57.8 Å². The van der Waals surface area contributed by atoms with Crippen LogP contribution >= 0.6 is 11.6 Å². The van der Waals surface area contributed by atoms with Crippen LogP contribution in [-0.4, -0.2) is 44.0 Å². The molecule has 2 atom stereocenters. The normalized spacial score (nSPS) is 22.2. The van der Waals surface area contributed by atoms with Crippen molar-refractivity contribution in [3.05, 3.63) is 49.8 Å². The second-order valence-corrected chi connectivity index (χ2v) is 11.0. The first-order chi connectivity index (χ1) is 18.6. The summed E-state index contributed by atoms with van der Waals surface area (Å²) < 4.78 is 17.8. The van der Waals surface area contributed by atoms with Gasteiger partial charge in [0.15, 0.2) is 17.1 Å². The van der Waals surface area contributed by atoms with Gasteiger partial charge >= 0.3 is 5.97 Å². The number of cyclic esters (lactones) is 1. The predicted molar refractivity (Wildman–Crippen MR) is 136 cm³/mol. The monoisotopic (exact) mass is 553 g/mol. The highest BCUT2D eigenvalue weighted by Crippen LogP contribution is 2.50. The second-order valence-electron chi connectivity index (χ2n) is 10.6. The van der Waals surface area contributed by atoms with Crippen molar-refractivity contribution in [1.82, 2.24) is 9.55 Å². The largest absolute Gasteiger partial charge is 0.458 e. The van der Waals surface area contributed by atoms with Crippen LogP contribution in [0.1, 0.15) is 48.4 Å². The van der Waals surface area contributed by atoms with Gasteiger partial charge in [0.05, 0.1) is 34.0 Å². The average molecular weight is 554 g/mol. The maximum absolute atomic E-state index is 13.7. The standard InChI is InChI=1S/C27H24ClN3O8/c1-2-26(35)15-5-17-21-13(8-31(17)23(32)14(15)9-37-25(26)34)12(7-27(36,24(29)33)11-3-4-11)19-16(30-21)6-18-22(20(19)28)39-10-38-18/h5-6,11,35-36H,2-4,7-10H2,1H3,(H2,29,33)/t26-,27?/m0/s1.